The topological polar surface area (TPSA) is 78.5 Å². The van der Waals surface area contributed by atoms with Crippen LogP contribution in [-0.2, 0) is 6.42 Å². The Morgan fingerprint density at radius 1 is 1.44 bits per heavy atom. The Kier molecular flexibility index (Phi) is 4.98. The average Bonchev–Trinajstić information content (AvgIpc) is 3.13. The molecule has 1 aromatic carbocycles. The normalized spacial score (nSPS) is 20.3. The molecule has 2 atom stereocenters. The first-order chi connectivity index (χ1) is 11.9. The number of likely N-dealkylation sites (tertiary alicyclic amines) is 1. The summed E-state index contributed by atoms with van der Waals surface area (Å²) in [5, 5.41) is 17.2. The molecule has 1 aromatic heterocycles. The molecule has 0 aliphatic carbocycles. The molecule has 3 rings (SSSR count). The number of benzene rings is 1. The summed E-state index contributed by atoms with van der Waals surface area (Å²) in [6.07, 6.45) is -0.158. The second-order valence-electron chi connectivity index (χ2n) is 6.16. The number of aryl methyl sites for hydroxylation is 1. The zero-order valence-electron chi connectivity index (χ0n) is 13.7. The minimum atomic E-state index is -3.01. The van der Waals surface area contributed by atoms with E-state index in [-0.39, 0.29) is 23.8 Å². The third-order valence-corrected chi connectivity index (χ3v) is 4.26. The zero-order chi connectivity index (χ0) is 18.0. The maximum absolute atomic E-state index is 12.7. The smallest absolute Gasteiger partial charge is 0.387 e. The number of H-pyrrole nitrogens is 1. The number of alkyl halides is 2. The Bertz CT molecular complexity index is 750. The lowest BCUT2D eigenvalue weighted by Crippen LogP contribution is -2.30. The number of aromatic nitrogens is 2. The Morgan fingerprint density at radius 3 is 2.88 bits per heavy atom. The van der Waals surface area contributed by atoms with Gasteiger partial charge in [-0.15, -0.1) is 0 Å². The van der Waals surface area contributed by atoms with E-state index in [2.05, 4.69) is 14.9 Å². The van der Waals surface area contributed by atoms with E-state index >= 15 is 0 Å². The van der Waals surface area contributed by atoms with Crippen LogP contribution in [0.2, 0.25) is 0 Å². The van der Waals surface area contributed by atoms with Gasteiger partial charge in [-0.2, -0.15) is 13.9 Å². The van der Waals surface area contributed by atoms with Crippen molar-refractivity contribution in [1.29, 1.82) is 0 Å². The molecule has 1 aliphatic rings. The van der Waals surface area contributed by atoms with E-state index in [4.69, 9.17) is 0 Å². The van der Waals surface area contributed by atoms with Gasteiger partial charge in [-0.25, -0.2) is 0 Å². The third kappa shape index (κ3) is 3.96. The number of aliphatic hydroxyl groups is 1. The minimum absolute atomic E-state index is 0.0614. The number of amides is 1. The summed E-state index contributed by atoms with van der Waals surface area (Å²) < 4.78 is 29.4. The molecule has 134 valence electrons. The third-order valence-electron chi connectivity index (χ3n) is 4.26. The van der Waals surface area contributed by atoms with Gasteiger partial charge in [0.25, 0.3) is 5.91 Å². The van der Waals surface area contributed by atoms with Crippen LogP contribution in [0.4, 0.5) is 8.78 Å². The first-order valence-corrected chi connectivity index (χ1v) is 7.96. The van der Waals surface area contributed by atoms with Crippen LogP contribution in [0.15, 0.2) is 30.3 Å². The Morgan fingerprint density at radius 2 is 2.20 bits per heavy atom. The van der Waals surface area contributed by atoms with Crippen molar-refractivity contribution in [1.82, 2.24) is 15.1 Å². The second kappa shape index (κ2) is 7.18. The molecule has 0 saturated carbocycles. The SMILES string of the molecule is Cc1cc(CC2CN(C(=O)c3ccccc3OC(F)F)CC2O)n[nH]1. The molecule has 1 fully saturated rings. The summed E-state index contributed by atoms with van der Waals surface area (Å²) >= 11 is 0. The van der Waals surface area contributed by atoms with Crippen molar-refractivity contribution in [3.05, 3.63) is 47.3 Å². The van der Waals surface area contributed by atoms with E-state index in [9.17, 15) is 18.7 Å². The molecular formula is C17H19F2N3O3. The van der Waals surface area contributed by atoms with Crippen LogP contribution in [0.5, 0.6) is 5.75 Å². The van der Waals surface area contributed by atoms with Crippen molar-refractivity contribution < 1.29 is 23.4 Å². The number of rotatable bonds is 5. The molecule has 8 heteroatoms. The Hall–Kier alpha value is -2.48. The molecule has 1 amide bonds. The quantitative estimate of drug-likeness (QED) is 0.864. The number of para-hydroxylation sites is 1. The number of β-amino-alcohol motifs (C(OH)–C–C–N with tert-alkyl or cyclic N) is 1. The highest BCUT2D eigenvalue weighted by atomic mass is 19.3. The predicted octanol–water partition coefficient (Wildman–Crippen LogP) is 2.00. The molecule has 25 heavy (non-hydrogen) atoms. The minimum Gasteiger partial charge on any atom is -0.434 e. The van der Waals surface area contributed by atoms with Crippen LogP contribution in [0.3, 0.4) is 0 Å². The van der Waals surface area contributed by atoms with Gasteiger partial charge in [0.2, 0.25) is 0 Å². The predicted molar refractivity (Wildman–Crippen MR) is 85.5 cm³/mol. The number of halogens is 2. The largest absolute Gasteiger partial charge is 0.434 e. The maximum atomic E-state index is 12.7. The molecule has 2 heterocycles. The highest BCUT2D eigenvalue weighted by molar-refractivity contribution is 5.97. The number of carbonyl (C=O) groups is 1. The number of hydrogen-bond donors (Lipinski definition) is 2. The summed E-state index contributed by atoms with van der Waals surface area (Å²) in [6, 6.07) is 7.77. The van der Waals surface area contributed by atoms with E-state index in [1.54, 1.807) is 6.07 Å². The van der Waals surface area contributed by atoms with Gasteiger partial charge in [-0.05, 0) is 31.5 Å². The van der Waals surface area contributed by atoms with E-state index in [0.717, 1.165) is 11.4 Å². The number of hydrogen-bond acceptors (Lipinski definition) is 4. The lowest BCUT2D eigenvalue weighted by Gasteiger charge is -2.18. The van der Waals surface area contributed by atoms with Gasteiger partial charge in [-0.3, -0.25) is 9.89 Å². The average molecular weight is 351 g/mol. The van der Waals surface area contributed by atoms with Gasteiger partial charge in [0.15, 0.2) is 0 Å². The summed E-state index contributed by atoms with van der Waals surface area (Å²) in [6.45, 7) is -0.642. The zero-order valence-corrected chi connectivity index (χ0v) is 13.7. The van der Waals surface area contributed by atoms with Crippen molar-refractivity contribution in [3.63, 3.8) is 0 Å². The first-order valence-electron chi connectivity index (χ1n) is 7.96. The van der Waals surface area contributed by atoms with E-state index in [1.807, 2.05) is 13.0 Å². The van der Waals surface area contributed by atoms with Crippen LogP contribution in [-0.4, -0.2) is 51.9 Å². The van der Waals surface area contributed by atoms with Crippen molar-refractivity contribution >= 4 is 5.91 Å². The molecular weight excluding hydrogens is 332 g/mol. The number of aromatic amines is 1. The van der Waals surface area contributed by atoms with Crippen molar-refractivity contribution in [3.8, 4) is 5.75 Å². The molecule has 0 bridgehead atoms. The maximum Gasteiger partial charge on any atom is 0.387 e. The van der Waals surface area contributed by atoms with Crippen molar-refractivity contribution in [2.24, 2.45) is 5.92 Å². The highest BCUT2D eigenvalue weighted by Gasteiger charge is 2.35. The summed E-state index contributed by atoms with van der Waals surface area (Å²) in [4.78, 5) is 14.1. The van der Waals surface area contributed by atoms with Crippen LogP contribution in [0.25, 0.3) is 0 Å². The number of carbonyl (C=O) groups excluding carboxylic acids is 1. The van der Waals surface area contributed by atoms with Gasteiger partial charge in [0.1, 0.15) is 5.75 Å². The fraction of sp³-hybridized carbons (Fsp3) is 0.412. The van der Waals surface area contributed by atoms with Crippen LogP contribution < -0.4 is 4.74 Å². The van der Waals surface area contributed by atoms with Gasteiger partial charge in [0, 0.05) is 24.7 Å². The molecule has 6 nitrogen and oxygen atoms in total. The lowest BCUT2D eigenvalue weighted by molar-refractivity contribution is -0.0502. The molecule has 2 N–H and O–H groups in total. The number of nitrogens with zero attached hydrogens (tertiary/aromatic N) is 2. The second-order valence-corrected chi connectivity index (χ2v) is 6.16. The number of aliphatic hydroxyl groups excluding tert-OH is 1. The standard InChI is InChI=1S/C17H19F2N3O3/c1-10-6-12(21-20-10)7-11-8-22(9-14(11)23)16(24)13-4-2-3-5-15(13)25-17(18)19/h2-6,11,14,17,23H,7-9H2,1H3,(H,20,21). The molecule has 0 radical (unpaired) electrons. The van der Waals surface area contributed by atoms with Gasteiger partial charge in [-0.1, -0.05) is 12.1 Å². The molecule has 1 aliphatic heterocycles. The van der Waals surface area contributed by atoms with E-state index < -0.39 is 18.6 Å². The molecule has 2 unspecified atom stereocenters. The number of nitrogens with one attached hydrogen (secondary N) is 1. The monoisotopic (exact) mass is 351 g/mol. The van der Waals surface area contributed by atoms with Crippen LogP contribution in [0.1, 0.15) is 21.7 Å². The van der Waals surface area contributed by atoms with E-state index in [1.165, 1.54) is 23.1 Å². The molecule has 0 spiro atoms. The summed E-state index contributed by atoms with van der Waals surface area (Å²) in [5.74, 6) is -0.755. The summed E-state index contributed by atoms with van der Waals surface area (Å²) in [7, 11) is 0. The Balaban J connectivity index is 1.71. The van der Waals surface area contributed by atoms with Gasteiger partial charge in [0.05, 0.1) is 17.4 Å². The molecule has 2 aromatic rings. The van der Waals surface area contributed by atoms with Gasteiger partial charge >= 0.3 is 6.61 Å². The first kappa shape index (κ1) is 17.3. The fourth-order valence-electron chi connectivity index (χ4n) is 3.08. The lowest BCUT2D eigenvalue weighted by atomic mass is 10.0. The van der Waals surface area contributed by atoms with Crippen molar-refractivity contribution in [2.75, 3.05) is 13.1 Å². The fourth-order valence-corrected chi connectivity index (χ4v) is 3.08. The van der Waals surface area contributed by atoms with Crippen LogP contribution >= 0.6 is 0 Å². The van der Waals surface area contributed by atoms with Crippen molar-refractivity contribution in [2.45, 2.75) is 26.1 Å². The van der Waals surface area contributed by atoms with Crippen LogP contribution in [0, 0.1) is 12.8 Å². The highest BCUT2D eigenvalue weighted by Crippen LogP contribution is 2.27. The summed E-state index contributed by atoms with van der Waals surface area (Å²) in [5.41, 5.74) is 1.80. The molecule has 1 saturated heterocycles. The van der Waals surface area contributed by atoms with Gasteiger partial charge < -0.3 is 14.7 Å². The number of ether oxygens (including phenoxy) is 1. The van der Waals surface area contributed by atoms with E-state index in [0.29, 0.717) is 13.0 Å². The Labute approximate surface area is 143 Å².